The van der Waals surface area contributed by atoms with Gasteiger partial charge in [0.15, 0.2) is 0 Å². The molecule has 2 aromatic rings. The highest BCUT2D eigenvalue weighted by molar-refractivity contribution is 5.69. The van der Waals surface area contributed by atoms with Gasteiger partial charge in [-0.2, -0.15) is 13.2 Å². The van der Waals surface area contributed by atoms with Crippen LogP contribution in [0, 0.1) is 5.41 Å². The molecule has 3 heterocycles. The van der Waals surface area contributed by atoms with Crippen LogP contribution in [-0.2, 0) is 17.5 Å². The number of ether oxygens (including phenoxy) is 1. The third-order valence-electron chi connectivity index (χ3n) is 7.33. The number of hydrogen-bond donors (Lipinski definition) is 0. The molecule has 188 valence electrons. The predicted molar refractivity (Wildman–Crippen MR) is 124 cm³/mol. The van der Waals surface area contributed by atoms with Crippen LogP contribution in [0.5, 0.6) is 0 Å². The molecule has 1 amide bonds. The topological polar surface area (TPSA) is 61.8 Å². The average Bonchev–Trinajstić information content (AvgIpc) is 2.76. The Morgan fingerprint density at radius 2 is 1.66 bits per heavy atom. The second-order valence-corrected chi connectivity index (χ2v) is 10.3. The number of nitrogens with zero attached hydrogens (tertiary/aromatic N) is 5. The first-order chi connectivity index (χ1) is 16.6. The van der Waals surface area contributed by atoms with Crippen LogP contribution in [0.15, 0.2) is 42.7 Å². The van der Waals surface area contributed by atoms with Gasteiger partial charge in [0.05, 0.1) is 17.6 Å². The number of benzene rings is 1. The fourth-order valence-corrected chi connectivity index (χ4v) is 5.78. The first kappa shape index (κ1) is 23.8. The van der Waals surface area contributed by atoms with E-state index in [0.717, 1.165) is 44.9 Å². The highest BCUT2D eigenvalue weighted by atomic mass is 19.4. The molecule has 10 heteroatoms. The summed E-state index contributed by atoms with van der Waals surface area (Å²) in [5.41, 5.74) is 0.709. The Morgan fingerprint density at radius 3 is 2.23 bits per heavy atom. The molecular formula is C25H30F3N5O2. The molecule has 0 N–H and O–H groups in total. The van der Waals surface area contributed by atoms with Crippen LogP contribution in [0.3, 0.4) is 0 Å². The SMILES string of the molecule is C[C@@H]1CN(c2ncc(C(F)(F)F)cn2)C[C@H](C)N1C(=O)OC1CC2(C1)CN(Cc1ccccc1)C2. The number of halogens is 3. The van der Waals surface area contributed by atoms with Crippen LogP contribution >= 0.6 is 0 Å². The molecule has 1 aromatic carbocycles. The molecule has 2 aliphatic heterocycles. The van der Waals surface area contributed by atoms with Crippen molar-refractivity contribution < 1.29 is 22.7 Å². The lowest BCUT2D eigenvalue weighted by Gasteiger charge is -2.58. The number of hydrogen-bond acceptors (Lipinski definition) is 6. The maximum Gasteiger partial charge on any atom is 0.419 e. The van der Waals surface area contributed by atoms with E-state index in [4.69, 9.17) is 4.74 Å². The van der Waals surface area contributed by atoms with E-state index in [1.165, 1.54) is 5.56 Å². The van der Waals surface area contributed by atoms with Gasteiger partial charge in [-0.3, -0.25) is 9.80 Å². The molecule has 35 heavy (non-hydrogen) atoms. The van der Waals surface area contributed by atoms with Gasteiger partial charge in [0, 0.05) is 50.5 Å². The molecule has 5 rings (SSSR count). The first-order valence-corrected chi connectivity index (χ1v) is 12.0. The lowest BCUT2D eigenvalue weighted by atomic mass is 9.61. The third kappa shape index (κ3) is 4.94. The van der Waals surface area contributed by atoms with Gasteiger partial charge in [-0.25, -0.2) is 14.8 Å². The second kappa shape index (κ2) is 8.96. The van der Waals surface area contributed by atoms with Gasteiger partial charge < -0.3 is 9.64 Å². The van der Waals surface area contributed by atoms with Gasteiger partial charge in [-0.15, -0.1) is 0 Å². The van der Waals surface area contributed by atoms with Crippen LogP contribution in [0.1, 0.15) is 37.8 Å². The summed E-state index contributed by atoms with van der Waals surface area (Å²) in [4.78, 5) is 26.7. The van der Waals surface area contributed by atoms with Crippen molar-refractivity contribution in [3.8, 4) is 0 Å². The number of amides is 1. The number of alkyl halides is 3. The summed E-state index contributed by atoms with van der Waals surface area (Å²) in [6, 6.07) is 10.1. The number of anilines is 1. The summed E-state index contributed by atoms with van der Waals surface area (Å²) in [6.07, 6.45) is -1.46. The molecule has 0 unspecified atom stereocenters. The molecule has 0 bridgehead atoms. The zero-order valence-corrected chi connectivity index (χ0v) is 19.9. The third-order valence-corrected chi connectivity index (χ3v) is 7.33. The normalized spacial score (nSPS) is 24.7. The Labute approximate surface area is 202 Å². The summed E-state index contributed by atoms with van der Waals surface area (Å²) < 4.78 is 44.2. The van der Waals surface area contributed by atoms with E-state index < -0.39 is 11.7 Å². The van der Waals surface area contributed by atoms with Crippen LogP contribution in [-0.4, -0.2) is 70.2 Å². The van der Waals surface area contributed by atoms with Gasteiger partial charge >= 0.3 is 12.3 Å². The average molecular weight is 490 g/mol. The highest BCUT2D eigenvalue weighted by Crippen LogP contribution is 2.50. The van der Waals surface area contributed by atoms with Crippen LogP contribution in [0.2, 0.25) is 0 Å². The number of likely N-dealkylation sites (tertiary alicyclic amines) is 1. The van der Waals surface area contributed by atoms with Crippen molar-refractivity contribution in [2.45, 2.75) is 57.6 Å². The van der Waals surface area contributed by atoms with E-state index in [-0.39, 0.29) is 35.6 Å². The van der Waals surface area contributed by atoms with E-state index in [9.17, 15) is 18.0 Å². The van der Waals surface area contributed by atoms with Crippen LogP contribution < -0.4 is 4.90 Å². The van der Waals surface area contributed by atoms with Gasteiger partial charge in [0.25, 0.3) is 0 Å². The first-order valence-electron chi connectivity index (χ1n) is 12.0. The van der Waals surface area contributed by atoms with Crippen molar-refractivity contribution in [1.29, 1.82) is 0 Å². The Bertz CT molecular complexity index is 1020. The van der Waals surface area contributed by atoms with Crippen molar-refractivity contribution in [2.24, 2.45) is 5.41 Å². The molecule has 1 spiro atoms. The zero-order valence-electron chi connectivity index (χ0n) is 19.9. The van der Waals surface area contributed by atoms with Crippen molar-refractivity contribution in [3.05, 3.63) is 53.9 Å². The second-order valence-electron chi connectivity index (χ2n) is 10.3. The van der Waals surface area contributed by atoms with E-state index in [1.807, 2.05) is 24.8 Å². The van der Waals surface area contributed by atoms with Crippen LogP contribution in [0.25, 0.3) is 0 Å². The van der Waals surface area contributed by atoms with E-state index in [0.29, 0.717) is 13.1 Å². The largest absolute Gasteiger partial charge is 0.446 e. The minimum Gasteiger partial charge on any atom is -0.446 e. The predicted octanol–water partition coefficient (Wildman–Crippen LogP) is 4.20. The number of piperazine rings is 1. The molecule has 3 aliphatic rings. The van der Waals surface area contributed by atoms with Crippen molar-refractivity contribution in [2.75, 3.05) is 31.1 Å². The summed E-state index contributed by atoms with van der Waals surface area (Å²) in [6.45, 7) is 7.69. The van der Waals surface area contributed by atoms with Crippen molar-refractivity contribution >= 4 is 12.0 Å². The number of carbonyl (C=O) groups is 1. The summed E-state index contributed by atoms with van der Waals surface area (Å²) >= 11 is 0. The monoisotopic (exact) mass is 489 g/mol. The van der Waals surface area contributed by atoms with E-state index in [2.05, 4.69) is 39.1 Å². The minimum absolute atomic E-state index is 0.0583. The number of aromatic nitrogens is 2. The molecule has 1 aromatic heterocycles. The lowest BCUT2D eigenvalue weighted by Crippen LogP contribution is -2.65. The highest BCUT2D eigenvalue weighted by Gasteiger charge is 2.54. The molecule has 1 saturated carbocycles. The van der Waals surface area contributed by atoms with Gasteiger partial charge in [-0.05, 0) is 32.3 Å². The summed E-state index contributed by atoms with van der Waals surface area (Å²) in [5, 5.41) is 0. The molecule has 2 saturated heterocycles. The Hall–Kier alpha value is -2.88. The Balaban J connectivity index is 1.09. The molecule has 1 aliphatic carbocycles. The Morgan fingerprint density at radius 1 is 1.06 bits per heavy atom. The molecule has 7 nitrogen and oxygen atoms in total. The zero-order chi connectivity index (χ0) is 24.8. The van der Waals surface area contributed by atoms with Gasteiger partial charge in [-0.1, -0.05) is 30.3 Å². The smallest absolute Gasteiger partial charge is 0.419 e. The van der Waals surface area contributed by atoms with Gasteiger partial charge in [0.1, 0.15) is 6.10 Å². The Kier molecular flexibility index (Phi) is 6.11. The van der Waals surface area contributed by atoms with Gasteiger partial charge in [0.2, 0.25) is 5.95 Å². The maximum absolute atomic E-state index is 13.0. The van der Waals surface area contributed by atoms with E-state index >= 15 is 0 Å². The molecular weight excluding hydrogens is 459 g/mol. The quantitative estimate of drug-likeness (QED) is 0.642. The summed E-state index contributed by atoms with van der Waals surface area (Å²) in [7, 11) is 0. The van der Waals surface area contributed by atoms with Crippen molar-refractivity contribution in [1.82, 2.24) is 19.8 Å². The van der Waals surface area contributed by atoms with Crippen molar-refractivity contribution in [3.63, 3.8) is 0 Å². The minimum atomic E-state index is -4.47. The fraction of sp³-hybridized carbons (Fsp3) is 0.560. The maximum atomic E-state index is 13.0. The lowest BCUT2D eigenvalue weighted by molar-refractivity contribution is -0.138. The molecule has 2 atom stereocenters. The molecule has 3 fully saturated rings. The number of rotatable bonds is 4. The fourth-order valence-electron chi connectivity index (χ4n) is 5.78. The van der Waals surface area contributed by atoms with Crippen LogP contribution in [0.4, 0.5) is 23.9 Å². The van der Waals surface area contributed by atoms with E-state index in [1.54, 1.807) is 4.90 Å². The summed E-state index contributed by atoms with van der Waals surface area (Å²) in [5.74, 6) is 0.232. The number of carbonyl (C=O) groups excluding carboxylic acids is 1. The molecule has 0 radical (unpaired) electrons. The standard InChI is InChI=1S/C25H30F3N5O2/c1-17-12-32(22-29-10-20(11-30-22)25(26,27)28)13-18(2)33(17)23(34)35-21-8-24(9-21)15-31(16-24)14-19-6-4-3-5-7-19/h3-7,10-11,17-18,21H,8-9,12-16H2,1-2H3/t17-,18+.